The maximum Gasteiger partial charge on any atom is 0.0469 e. The Hall–Kier alpha value is -0.800. The zero-order valence-electron chi connectivity index (χ0n) is 12.4. The molecular formula is C16H28N2O. The molecule has 1 aliphatic rings. The van der Waals surface area contributed by atoms with E-state index in [-0.39, 0.29) is 0 Å². The van der Waals surface area contributed by atoms with Gasteiger partial charge in [0, 0.05) is 38.2 Å². The first-order valence-electron chi connectivity index (χ1n) is 7.80. The highest BCUT2D eigenvalue weighted by Crippen LogP contribution is 2.20. The van der Waals surface area contributed by atoms with Gasteiger partial charge >= 0.3 is 0 Å². The average molecular weight is 264 g/mol. The highest BCUT2D eigenvalue weighted by Gasteiger charge is 2.15. The lowest BCUT2D eigenvalue weighted by Crippen LogP contribution is -2.21. The van der Waals surface area contributed by atoms with Crippen LogP contribution in [0, 0.1) is 5.92 Å². The summed E-state index contributed by atoms with van der Waals surface area (Å²) in [5.41, 5.74) is 1.43. The number of aromatic nitrogens is 1. The number of hydrogen-bond donors (Lipinski definition) is 1. The molecule has 3 heteroatoms. The third-order valence-corrected chi connectivity index (χ3v) is 4.03. The zero-order chi connectivity index (χ0) is 13.5. The van der Waals surface area contributed by atoms with E-state index in [0.717, 1.165) is 38.6 Å². The zero-order valence-corrected chi connectivity index (χ0v) is 12.4. The predicted molar refractivity (Wildman–Crippen MR) is 79.3 cm³/mol. The highest BCUT2D eigenvalue weighted by atomic mass is 16.5. The van der Waals surface area contributed by atoms with Gasteiger partial charge in [-0.2, -0.15) is 0 Å². The molecule has 1 unspecified atom stereocenters. The van der Waals surface area contributed by atoms with Gasteiger partial charge in [0.25, 0.3) is 0 Å². The minimum Gasteiger partial charge on any atom is -0.381 e. The van der Waals surface area contributed by atoms with Gasteiger partial charge in [0.1, 0.15) is 0 Å². The summed E-state index contributed by atoms with van der Waals surface area (Å²) in [7, 11) is 0. The largest absolute Gasteiger partial charge is 0.381 e. The van der Waals surface area contributed by atoms with Crippen molar-refractivity contribution < 1.29 is 4.74 Å². The Labute approximate surface area is 117 Å². The first-order chi connectivity index (χ1) is 9.33. The molecule has 0 bridgehead atoms. The van der Waals surface area contributed by atoms with Crippen LogP contribution < -0.4 is 5.32 Å². The Kier molecular flexibility index (Phi) is 5.93. The first-order valence-corrected chi connectivity index (χ1v) is 7.80. The average Bonchev–Trinajstić information content (AvgIpc) is 2.89. The molecular weight excluding hydrogens is 236 g/mol. The third-order valence-electron chi connectivity index (χ3n) is 4.03. The van der Waals surface area contributed by atoms with Crippen LogP contribution in [0.25, 0.3) is 0 Å². The summed E-state index contributed by atoms with van der Waals surface area (Å²) in [4.78, 5) is 0. The molecule has 1 saturated heterocycles. The lowest BCUT2D eigenvalue weighted by atomic mass is 10.0. The summed E-state index contributed by atoms with van der Waals surface area (Å²) < 4.78 is 7.79. The van der Waals surface area contributed by atoms with Crippen LogP contribution >= 0.6 is 0 Å². The van der Waals surface area contributed by atoms with E-state index in [0.29, 0.717) is 6.04 Å². The van der Waals surface area contributed by atoms with Gasteiger partial charge in [-0.3, -0.25) is 0 Å². The van der Waals surface area contributed by atoms with Crippen molar-refractivity contribution in [3.05, 3.63) is 24.0 Å². The van der Waals surface area contributed by atoms with E-state index in [1.54, 1.807) is 0 Å². The molecule has 19 heavy (non-hydrogen) atoms. The van der Waals surface area contributed by atoms with Crippen LogP contribution in [0.1, 0.15) is 51.1 Å². The summed E-state index contributed by atoms with van der Waals surface area (Å²) in [6.45, 7) is 8.60. The van der Waals surface area contributed by atoms with Gasteiger partial charge in [-0.25, -0.2) is 0 Å². The van der Waals surface area contributed by atoms with E-state index < -0.39 is 0 Å². The molecule has 108 valence electrons. The maximum atomic E-state index is 5.42. The fourth-order valence-electron chi connectivity index (χ4n) is 2.82. The minimum atomic E-state index is 0.510. The molecule has 0 aromatic carbocycles. The summed E-state index contributed by atoms with van der Waals surface area (Å²) in [6.07, 6.45) is 9.32. The minimum absolute atomic E-state index is 0.510. The van der Waals surface area contributed by atoms with Crippen molar-refractivity contribution >= 4 is 0 Å². The Balaban J connectivity index is 1.89. The van der Waals surface area contributed by atoms with Crippen LogP contribution in [0.4, 0.5) is 0 Å². The first kappa shape index (κ1) is 14.6. The molecule has 1 fully saturated rings. The van der Waals surface area contributed by atoms with Crippen LogP contribution in [0.3, 0.4) is 0 Å². The van der Waals surface area contributed by atoms with E-state index in [2.05, 4.69) is 42.2 Å². The van der Waals surface area contributed by atoms with E-state index in [4.69, 9.17) is 4.74 Å². The van der Waals surface area contributed by atoms with Crippen LogP contribution in [-0.2, 0) is 11.3 Å². The quantitative estimate of drug-likeness (QED) is 0.817. The topological polar surface area (TPSA) is 26.2 Å². The smallest absolute Gasteiger partial charge is 0.0469 e. The summed E-state index contributed by atoms with van der Waals surface area (Å²) in [6, 6.07) is 2.78. The summed E-state index contributed by atoms with van der Waals surface area (Å²) in [5.74, 6) is 0.790. The number of hydrogen-bond acceptors (Lipinski definition) is 2. The molecule has 0 amide bonds. The molecule has 0 spiro atoms. The third kappa shape index (κ3) is 4.36. The van der Waals surface area contributed by atoms with Crippen LogP contribution in [0.15, 0.2) is 18.5 Å². The summed E-state index contributed by atoms with van der Waals surface area (Å²) >= 11 is 0. The maximum absolute atomic E-state index is 5.42. The fourth-order valence-corrected chi connectivity index (χ4v) is 2.82. The van der Waals surface area contributed by atoms with Crippen molar-refractivity contribution in [3.63, 3.8) is 0 Å². The van der Waals surface area contributed by atoms with Crippen molar-refractivity contribution in [2.75, 3.05) is 19.8 Å². The Morgan fingerprint density at radius 1 is 1.37 bits per heavy atom. The Bertz CT molecular complexity index is 355. The van der Waals surface area contributed by atoms with Gasteiger partial charge in [0.05, 0.1) is 0 Å². The standard InChI is InChI=1S/C16H28N2O/c1-3-8-17-16(4-2)15-5-9-18(13-15)12-14-6-10-19-11-7-14/h5,9,13-14,16-17H,3-4,6-8,10-12H2,1-2H3. The predicted octanol–water partition coefficient (Wildman–Crippen LogP) is 3.37. The molecule has 1 aliphatic heterocycles. The number of nitrogens with zero attached hydrogens (tertiary/aromatic N) is 1. The molecule has 0 aliphatic carbocycles. The SMILES string of the molecule is CCCNC(CC)c1ccn(CC2CCOCC2)c1. The van der Waals surface area contributed by atoms with E-state index in [9.17, 15) is 0 Å². The lowest BCUT2D eigenvalue weighted by molar-refractivity contribution is 0.0613. The number of nitrogens with one attached hydrogen (secondary N) is 1. The van der Waals surface area contributed by atoms with E-state index in [1.165, 1.54) is 24.8 Å². The fraction of sp³-hybridized carbons (Fsp3) is 0.750. The second-order valence-corrected chi connectivity index (χ2v) is 5.61. The molecule has 2 heterocycles. The van der Waals surface area contributed by atoms with Crippen LogP contribution in [-0.4, -0.2) is 24.3 Å². The molecule has 1 N–H and O–H groups in total. The van der Waals surface area contributed by atoms with Crippen LogP contribution in [0.2, 0.25) is 0 Å². The highest BCUT2D eigenvalue weighted by molar-refractivity contribution is 5.15. The molecule has 1 aromatic heterocycles. The molecule has 3 nitrogen and oxygen atoms in total. The van der Waals surface area contributed by atoms with Crippen molar-refractivity contribution in [1.82, 2.24) is 9.88 Å². The number of rotatable bonds is 7. The van der Waals surface area contributed by atoms with Gasteiger partial charge in [-0.1, -0.05) is 13.8 Å². The Morgan fingerprint density at radius 2 is 2.16 bits per heavy atom. The second kappa shape index (κ2) is 7.71. The van der Waals surface area contributed by atoms with Crippen LogP contribution in [0.5, 0.6) is 0 Å². The molecule has 0 saturated carbocycles. The van der Waals surface area contributed by atoms with Crippen molar-refractivity contribution in [3.8, 4) is 0 Å². The lowest BCUT2D eigenvalue weighted by Gasteiger charge is -2.22. The normalized spacial score (nSPS) is 18.6. The molecule has 1 atom stereocenters. The van der Waals surface area contributed by atoms with Gasteiger partial charge in [-0.05, 0) is 49.8 Å². The van der Waals surface area contributed by atoms with Gasteiger partial charge in [0.2, 0.25) is 0 Å². The van der Waals surface area contributed by atoms with Crippen molar-refractivity contribution in [2.45, 2.75) is 52.1 Å². The van der Waals surface area contributed by atoms with E-state index in [1.807, 2.05) is 0 Å². The molecule has 2 rings (SSSR count). The molecule has 1 aromatic rings. The van der Waals surface area contributed by atoms with Crippen molar-refractivity contribution in [1.29, 1.82) is 0 Å². The van der Waals surface area contributed by atoms with Gasteiger partial charge < -0.3 is 14.6 Å². The Morgan fingerprint density at radius 3 is 2.84 bits per heavy atom. The van der Waals surface area contributed by atoms with Crippen molar-refractivity contribution in [2.24, 2.45) is 5.92 Å². The molecule has 0 radical (unpaired) electrons. The second-order valence-electron chi connectivity index (χ2n) is 5.61. The monoisotopic (exact) mass is 264 g/mol. The number of ether oxygens (including phenoxy) is 1. The van der Waals surface area contributed by atoms with E-state index >= 15 is 0 Å². The van der Waals surface area contributed by atoms with Gasteiger partial charge in [-0.15, -0.1) is 0 Å². The summed E-state index contributed by atoms with van der Waals surface area (Å²) in [5, 5.41) is 3.62. The van der Waals surface area contributed by atoms with Gasteiger partial charge in [0.15, 0.2) is 0 Å².